The van der Waals surface area contributed by atoms with Crippen molar-refractivity contribution in [2.45, 2.75) is 19.9 Å². The van der Waals surface area contributed by atoms with E-state index in [1.807, 2.05) is 6.92 Å². The summed E-state index contributed by atoms with van der Waals surface area (Å²) >= 11 is 0. The number of hydrogen-bond acceptors (Lipinski definition) is 6. The fourth-order valence-corrected chi connectivity index (χ4v) is 2.96. The predicted molar refractivity (Wildman–Crippen MR) is 115 cm³/mol. The highest BCUT2D eigenvalue weighted by atomic mass is 16.5. The van der Waals surface area contributed by atoms with E-state index in [1.165, 1.54) is 14.2 Å². The average molecular weight is 424 g/mol. The molecule has 0 unspecified atom stereocenters. The number of aromatic nitrogens is 3. The third kappa shape index (κ3) is 4.82. The smallest absolute Gasteiger partial charge is 0.352 e. The number of nitrogens with zero attached hydrogens (tertiary/aromatic N) is 3. The molecule has 31 heavy (non-hydrogen) atoms. The van der Waals surface area contributed by atoms with E-state index >= 15 is 0 Å². The molecule has 162 valence electrons. The maximum absolute atomic E-state index is 13.2. The van der Waals surface area contributed by atoms with Gasteiger partial charge in [0.1, 0.15) is 11.5 Å². The number of rotatable bonds is 8. The van der Waals surface area contributed by atoms with E-state index in [1.54, 1.807) is 48.5 Å². The van der Waals surface area contributed by atoms with Gasteiger partial charge in [-0.1, -0.05) is 19.1 Å². The summed E-state index contributed by atoms with van der Waals surface area (Å²) in [6.45, 7) is 2.24. The highest BCUT2D eigenvalue weighted by molar-refractivity contribution is 5.91. The van der Waals surface area contributed by atoms with Crippen LogP contribution >= 0.6 is 0 Å². The Kier molecular flexibility index (Phi) is 6.86. The van der Waals surface area contributed by atoms with E-state index in [2.05, 4.69) is 10.4 Å². The first-order valence-corrected chi connectivity index (χ1v) is 9.78. The Morgan fingerprint density at radius 1 is 1.03 bits per heavy atom. The molecule has 0 fully saturated rings. The van der Waals surface area contributed by atoms with Crippen LogP contribution in [0.2, 0.25) is 0 Å². The van der Waals surface area contributed by atoms with Gasteiger partial charge in [0.2, 0.25) is 5.69 Å². The highest BCUT2D eigenvalue weighted by Gasteiger charge is 2.20. The van der Waals surface area contributed by atoms with Crippen LogP contribution in [0.4, 0.5) is 0 Å². The normalized spacial score (nSPS) is 10.5. The lowest BCUT2D eigenvalue weighted by atomic mass is 10.2. The predicted octanol–water partition coefficient (Wildman–Crippen LogP) is 1.60. The second kappa shape index (κ2) is 9.75. The Hall–Kier alpha value is -3.88. The van der Waals surface area contributed by atoms with Gasteiger partial charge in [-0.3, -0.25) is 14.2 Å². The molecule has 1 amide bonds. The van der Waals surface area contributed by atoms with Crippen LogP contribution in [0.25, 0.3) is 5.69 Å². The van der Waals surface area contributed by atoms with E-state index in [4.69, 9.17) is 9.47 Å². The summed E-state index contributed by atoms with van der Waals surface area (Å²) in [7, 11) is 3.06. The summed E-state index contributed by atoms with van der Waals surface area (Å²) in [6.07, 6.45) is 0.696. The molecule has 1 N–H and O–H groups in total. The van der Waals surface area contributed by atoms with Crippen LogP contribution in [0.1, 0.15) is 29.4 Å². The molecule has 3 aromatic rings. The summed E-state index contributed by atoms with van der Waals surface area (Å²) in [5.41, 5.74) is -0.705. The van der Waals surface area contributed by atoms with Crippen molar-refractivity contribution in [1.29, 1.82) is 0 Å². The third-order valence-electron chi connectivity index (χ3n) is 4.60. The Bertz CT molecular complexity index is 1180. The largest absolute Gasteiger partial charge is 0.497 e. The molecule has 0 saturated heterocycles. The number of methoxy groups -OCH3 is 2. The van der Waals surface area contributed by atoms with Gasteiger partial charge in [0, 0.05) is 6.54 Å². The molecule has 0 aliphatic carbocycles. The Morgan fingerprint density at radius 3 is 2.39 bits per heavy atom. The van der Waals surface area contributed by atoms with E-state index in [-0.39, 0.29) is 12.2 Å². The second-order valence-corrected chi connectivity index (χ2v) is 6.74. The molecule has 9 nitrogen and oxygen atoms in total. The monoisotopic (exact) mass is 424 g/mol. The topological polar surface area (TPSA) is 104 Å². The zero-order chi connectivity index (χ0) is 22.4. The summed E-state index contributed by atoms with van der Waals surface area (Å²) in [6, 6.07) is 13.6. The van der Waals surface area contributed by atoms with Crippen LogP contribution in [0.3, 0.4) is 0 Å². The maximum atomic E-state index is 13.2. The van der Waals surface area contributed by atoms with Gasteiger partial charge < -0.3 is 14.8 Å². The van der Waals surface area contributed by atoms with Crippen molar-refractivity contribution < 1.29 is 14.3 Å². The summed E-state index contributed by atoms with van der Waals surface area (Å²) < 4.78 is 12.4. The molecule has 0 aliphatic heterocycles. The van der Waals surface area contributed by atoms with Crippen molar-refractivity contribution >= 4 is 5.91 Å². The first-order chi connectivity index (χ1) is 15.0. The van der Waals surface area contributed by atoms with Gasteiger partial charge in [-0.2, -0.15) is 9.78 Å². The molecular formula is C22H24N4O5. The van der Waals surface area contributed by atoms with Crippen LogP contribution in [0, 0.1) is 0 Å². The average Bonchev–Trinajstić information content (AvgIpc) is 2.80. The zero-order valence-corrected chi connectivity index (χ0v) is 17.6. The van der Waals surface area contributed by atoms with E-state index in [0.29, 0.717) is 35.7 Å². The quantitative estimate of drug-likeness (QED) is 0.589. The van der Waals surface area contributed by atoms with Crippen molar-refractivity contribution in [1.82, 2.24) is 19.7 Å². The molecule has 9 heteroatoms. The molecule has 1 heterocycles. The van der Waals surface area contributed by atoms with Crippen LogP contribution in [-0.4, -0.2) is 41.0 Å². The van der Waals surface area contributed by atoms with Gasteiger partial charge in [0.15, 0.2) is 0 Å². The molecule has 0 spiro atoms. The highest BCUT2D eigenvalue weighted by Crippen LogP contribution is 2.14. The Balaban J connectivity index is 2.16. The fourth-order valence-electron chi connectivity index (χ4n) is 2.96. The lowest BCUT2D eigenvalue weighted by molar-refractivity contribution is 0.0944. The molecule has 0 atom stereocenters. The zero-order valence-electron chi connectivity index (χ0n) is 17.6. The van der Waals surface area contributed by atoms with Gasteiger partial charge in [0.05, 0.1) is 26.5 Å². The van der Waals surface area contributed by atoms with Crippen LogP contribution in [-0.2, 0) is 6.54 Å². The molecule has 0 radical (unpaired) electrons. The van der Waals surface area contributed by atoms with Gasteiger partial charge in [-0.15, -0.1) is 0 Å². The van der Waals surface area contributed by atoms with Crippen LogP contribution in [0.5, 0.6) is 11.5 Å². The number of carbonyl (C=O) groups excluding carboxylic acids is 1. The SMILES string of the molecule is CCCNC(=O)c1nn(-c2ccc(OC)cc2)c(=O)n(Cc2cccc(OC)c2)c1=O. The minimum Gasteiger partial charge on any atom is -0.497 e. The maximum Gasteiger partial charge on any atom is 0.352 e. The number of ether oxygens (including phenoxy) is 2. The first-order valence-electron chi connectivity index (χ1n) is 9.78. The molecule has 0 saturated carbocycles. The standard InChI is InChI=1S/C22H24N4O5/c1-4-12-23-20(27)19-21(28)25(14-15-6-5-7-18(13-15)31-3)22(29)26(24-19)16-8-10-17(30-2)11-9-16/h5-11,13H,4,12,14H2,1-3H3,(H,23,27). The molecule has 0 bridgehead atoms. The first kappa shape index (κ1) is 21.8. The number of nitrogens with one attached hydrogen (secondary N) is 1. The van der Waals surface area contributed by atoms with Gasteiger partial charge in [-0.25, -0.2) is 4.79 Å². The fraction of sp³-hybridized carbons (Fsp3) is 0.273. The van der Waals surface area contributed by atoms with E-state index < -0.39 is 17.2 Å². The Labute approximate surface area is 178 Å². The second-order valence-electron chi connectivity index (χ2n) is 6.74. The van der Waals surface area contributed by atoms with Crippen LogP contribution in [0.15, 0.2) is 58.1 Å². The number of hydrogen-bond donors (Lipinski definition) is 1. The van der Waals surface area contributed by atoms with Crippen molar-refractivity contribution in [2.24, 2.45) is 0 Å². The minimum atomic E-state index is -0.758. The van der Waals surface area contributed by atoms with Crippen molar-refractivity contribution in [3.8, 4) is 17.2 Å². The molecule has 3 rings (SSSR count). The lowest BCUT2D eigenvalue weighted by Gasteiger charge is -2.13. The molecule has 2 aromatic carbocycles. The van der Waals surface area contributed by atoms with Crippen LogP contribution < -0.4 is 26.0 Å². The third-order valence-corrected chi connectivity index (χ3v) is 4.60. The summed E-state index contributed by atoms with van der Waals surface area (Å²) in [5.74, 6) is 0.562. The lowest BCUT2D eigenvalue weighted by Crippen LogP contribution is -2.46. The molecular weight excluding hydrogens is 400 g/mol. The molecule has 1 aromatic heterocycles. The van der Waals surface area contributed by atoms with Crippen molar-refractivity contribution in [2.75, 3.05) is 20.8 Å². The number of benzene rings is 2. The van der Waals surface area contributed by atoms with Crippen molar-refractivity contribution in [3.63, 3.8) is 0 Å². The summed E-state index contributed by atoms with van der Waals surface area (Å²) in [5, 5.41) is 6.72. The van der Waals surface area contributed by atoms with E-state index in [9.17, 15) is 14.4 Å². The van der Waals surface area contributed by atoms with Gasteiger partial charge >= 0.3 is 5.69 Å². The summed E-state index contributed by atoms with van der Waals surface area (Å²) in [4.78, 5) is 38.8. The van der Waals surface area contributed by atoms with E-state index in [0.717, 1.165) is 9.25 Å². The Morgan fingerprint density at radius 2 is 1.74 bits per heavy atom. The van der Waals surface area contributed by atoms with Crippen molar-refractivity contribution in [3.05, 3.63) is 80.6 Å². The minimum absolute atomic E-state index is 0.0401. The van der Waals surface area contributed by atoms with Gasteiger partial charge in [-0.05, 0) is 48.4 Å². The molecule has 0 aliphatic rings. The number of carbonyl (C=O) groups is 1. The number of amides is 1. The van der Waals surface area contributed by atoms with Gasteiger partial charge in [0.25, 0.3) is 11.5 Å².